The Bertz CT molecular complexity index is 2200. The summed E-state index contributed by atoms with van der Waals surface area (Å²) < 4.78 is 16.7. The first-order chi connectivity index (χ1) is 22.9. The number of pyridine rings is 1. The lowest BCUT2D eigenvalue weighted by atomic mass is 9.99. The second-order valence-electron chi connectivity index (χ2n) is 12.8. The number of likely N-dealkylation sites (tertiary alicyclic amines) is 1. The lowest BCUT2D eigenvalue weighted by molar-refractivity contribution is 0.0792. The van der Waals surface area contributed by atoms with Crippen LogP contribution in [0.3, 0.4) is 0 Å². The molecule has 1 saturated heterocycles. The number of rotatable bonds is 7. The van der Waals surface area contributed by atoms with E-state index in [1.165, 1.54) is 16.2 Å². The number of piperidine rings is 1. The van der Waals surface area contributed by atoms with Crippen LogP contribution in [0.2, 0.25) is 0 Å². The Morgan fingerprint density at radius 1 is 0.979 bits per heavy atom. The second kappa shape index (κ2) is 11.7. The summed E-state index contributed by atoms with van der Waals surface area (Å²) in [5.41, 5.74) is 12.2. The molecule has 9 nitrogen and oxygen atoms in total. The molecule has 1 aliphatic carbocycles. The Labute approximate surface area is 270 Å². The van der Waals surface area contributed by atoms with Crippen molar-refractivity contribution in [3.63, 3.8) is 0 Å². The summed E-state index contributed by atoms with van der Waals surface area (Å²) in [5, 5.41) is 21.8. The van der Waals surface area contributed by atoms with E-state index in [0.29, 0.717) is 44.8 Å². The van der Waals surface area contributed by atoms with E-state index >= 15 is 4.39 Å². The van der Waals surface area contributed by atoms with Gasteiger partial charge in [-0.15, -0.1) is 0 Å². The number of nitrogen functional groups attached to an aromatic ring is 1. The van der Waals surface area contributed by atoms with Crippen molar-refractivity contribution in [1.29, 1.82) is 0 Å². The summed E-state index contributed by atoms with van der Waals surface area (Å²) in [7, 11) is 0. The summed E-state index contributed by atoms with van der Waals surface area (Å²) in [6.07, 6.45) is 5.13. The first kappa shape index (κ1) is 29.5. The van der Waals surface area contributed by atoms with Gasteiger partial charge in [-0.05, 0) is 77.9 Å². The molecule has 0 spiro atoms. The third-order valence-electron chi connectivity index (χ3n) is 9.58. The quantitative estimate of drug-likeness (QED) is 0.179. The SMILES string of the molecule is Nc1nc(-c2cccc(-n3ccc4cc(C5CC5)cc(F)c4c3=O)c2CO)c2cc(-c3ccc(CN4CCC(O)CC4)cc3)[nH]c2n1. The highest BCUT2D eigenvalue weighted by Crippen LogP contribution is 2.41. The number of hydrogen-bond acceptors (Lipinski definition) is 7. The minimum atomic E-state index is -0.532. The van der Waals surface area contributed by atoms with Gasteiger partial charge in [0, 0.05) is 48.0 Å². The van der Waals surface area contributed by atoms with E-state index in [9.17, 15) is 15.0 Å². The largest absolute Gasteiger partial charge is 0.393 e. The van der Waals surface area contributed by atoms with Crippen LogP contribution in [0.15, 0.2) is 77.7 Å². The van der Waals surface area contributed by atoms with Gasteiger partial charge in [0.25, 0.3) is 5.56 Å². The molecule has 2 fully saturated rings. The number of benzene rings is 3. The van der Waals surface area contributed by atoms with E-state index in [1.807, 2.05) is 18.2 Å². The van der Waals surface area contributed by atoms with E-state index < -0.39 is 11.4 Å². The normalized spacial score (nSPS) is 16.0. The Hall–Kier alpha value is -4.90. The number of nitrogens with zero attached hydrogens (tertiary/aromatic N) is 4. The summed E-state index contributed by atoms with van der Waals surface area (Å²) in [6.45, 7) is 2.22. The van der Waals surface area contributed by atoms with Gasteiger partial charge in [-0.25, -0.2) is 9.37 Å². The van der Waals surface area contributed by atoms with E-state index in [0.717, 1.165) is 62.1 Å². The second-order valence-corrected chi connectivity index (χ2v) is 12.8. The van der Waals surface area contributed by atoms with Crippen LogP contribution in [0.4, 0.5) is 10.3 Å². The number of nitrogens with two attached hydrogens (primary N) is 1. The molecule has 6 aromatic rings. The molecule has 10 heteroatoms. The zero-order valence-electron chi connectivity index (χ0n) is 25.8. The third-order valence-corrected chi connectivity index (χ3v) is 9.58. The standard InChI is InChI=1S/C37H35FN6O3/c38-30-17-25(22-8-9-22)16-24-10-15-44(36(47)33(24)30)32-3-1-2-27(29(32)20-45)34-28-18-31(40-35(28)42-37(39)41-34)23-6-4-21(5-7-23)19-43-13-11-26(46)12-14-43/h1-7,10,15-18,22,26,45-46H,8-9,11-14,19-20H2,(H3,39,40,41,42). The van der Waals surface area contributed by atoms with Crippen LogP contribution in [0.1, 0.15) is 48.3 Å². The van der Waals surface area contributed by atoms with Crippen molar-refractivity contribution < 1.29 is 14.6 Å². The average Bonchev–Trinajstić information content (AvgIpc) is 3.84. The van der Waals surface area contributed by atoms with Crippen molar-refractivity contribution >= 4 is 27.8 Å². The van der Waals surface area contributed by atoms with Crippen molar-refractivity contribution in [2.45, 2.75) is 50.9 Å². The summed E-state index contributed by atoms with van der Waals surface area (Å²) in [5.74, 6) is -0.107. The van der Waals surface area contributed by atoms with E-state index in [2.05, 4.69) is 44.1 Å². The third kappa shape index (κ3) is 5.48. The van der Waals surface area contributed by atoms with E-state index in [-0.39, 0.29) is 24.0 Å². The number of aromatic nitrogens is 4. The molecule has 0 radical (unpaired) electrons. The molecule has 5 N–H and O–H groups in total. The van der Waals surface area contributed by atoms with Gasteiger partial charge < -0.3 is 20.9 Å². The van der Waals surface area contributed by atoms with Gasteiger partial charge in [0.1, 0.15) is 11.5 Å². The fourth-order valence-corrected chi connectivity index (χ4v) is 6.89. The molecule has 0 amide bonds. The maximum absolute atomic E-state index is 15.3. The Morgan fingerprint density at radius 3 is 2.51 bits per heavy atom. The number of aliphatic hydroxyl groups excluding tert-OH is 2. The van der Waals surface area contributed by atoms with Crippen LogP contribution < -0.4 is 11.3 Å². The highest BCUT2D eigenvalue weighted by molar-refractivity contribution is 5.96. The molecular weight excluding hydrogens is 595 g/mol. The minimum Gasteiger partial charge on any atom is -0.393 e. The predicted octanol–water partition coefficient (Wildman–Crippen LogP) is 5.64. The molecule has 238 valence electrons. The number of nitrogens with one attached hydrogen (secondary N) is 1. The van der Waals surface area contributed by atoms with Crippen LogP contribution >= 0.6 is 0 Å². The average molecular weight is 631 g/mol. The molecule has 2 aliphatic rings. The molecule has 0 unspecified atom stereocenters. The van der Waals surface area contributed by atoms with Gasteiger partial charge in [-0.2, -0.15) is 4.98 Å². The van der Waals surface area contributed by atoms with Crippen molar-refractivity contribution in [3.8, 4) is 28.2 Å². The Kier molecular flexibility index (Phi) is 7.35. The summed E-state index contributed by atoms with van der Waals surface area (Å²) in [4.78, 5) is 28.5. The first-order valence-corrected chi connectivity index (χ1v) is 16.1. The number of H-pyrrole nitrogens is 1. The molecule has 3 aromatic heterocycles. The van der Waals surface area contributed by atoms with Gasteiger partial charge in [0.15, 0.2) is 0 Å². The maximum Gasteiger partial charge on any atom is 0.265 e. The Morgan fingerprint density at radius 2 is 1.77 bits per heavy atom. The lowest BCUT2D eigenvalue weighted by Gasteiger charge is -2.29. The van der Waals surface area contributed by atoms with Crippen molar-refractivity contribution in [2.24, 2.45) is 0 Å². The van der Waals surface area contributed by atoms with Crippen molar-refractivity contribution in [3.05, 3.63) is 106 Å². The van der Waals surface area contributed by atoms with Gasteiger partial charge in [-0.3, -0.25) is 14.3 Å². The highest BCUT2D eigenvalue weighted by atomic mass is 19.1. The smallest absolute Gasteiger partial charge is 0.265 e. The molecule has 3 aromatic carbocycles. The predicted molar refractivity (Wildman–Crippen MR) is 181 cm³/mol. The monoisotopic (exact) mass is 630 g/mol. The van der Waals surface area contributed by atoms with Crippen LogP contribution in [0.5, 0.6) is 0 Å². The lowest BCUT2D eigenvalue weighted by Crippen LogP contribution is -2.35. The topological polar surface area (TPSA) is 133 Å². The molecule has 4 heterocycles. The van der Waals surface area contributed by atoms with Crippen molar-refractivity contribution in [2.75, 3.05) is 18.8 Å². The number of aliphatic hydroxyl groups is 2. The molecule has 0 atom stereocenters. The first-order valence-electron chi connectivity index (χ1n) is 16.1. The van der Waals surface area contributed by atoms with Crippen LogP contribution in [0, 0.1) is 5.82 Å². The zero-order valence-corrected chi connectivity index (χ0v) is 25.8. The molecule has 47 heavy (non-hydrogen) atoms. The van der Waals surface area contributed by atoms with E-state index in [4.69, 9.17) is 5.73 Å². The minimum absolute atomic E-state index is 0.0240. The zero-order chi connectivity index (χ0) is 32.2. The van der Waals surface area contributed by atoms with Gasteiger partial charge >= 0.3 is 0 Å². The number of halogens is 1. The Balaban J connectivity index is 1.17. The molecule has 8 rings (SSSR count). The molecule has 1 saturated carbocycles. The van der Waals surface area contributed by atoms with E-state index in [1.54, 1.807) is 24.4 Å². The van der Waals surface area contributed by atoms with Gasteiger partial charge in [-0.1, -0.05) is 42.5 Å². The molecular formula is C37H35FN6O3. The van der Waals surface area contributed by atoms with Gasteiger partial charge in [0.05, 0.1) is 29.5 Å². The number of fused-ring (bicyclic) bond motifs is 2. The number of aromatic amines is 1. The number of anilines is 1. The highest BCUT2D eigenvalue weighted by Gasteiger charge is 2.26. The van der Waals surface area contributed by atoms with Crippen molar-refractivity contribution in [1.82, 2.24) is 24.4 Å². The van der Waals surface area contributed by atoms with Gasteiger partial charge in [0.2, 0.25) is 5.95 Å². The maximum atomic E-state index is 15.3. The van der Waals surface area contributed by atoms with Crippen LogP contribution in [-0.2, 0) is 13.2 Å². The number of hydrogen-bond donors (Lipinski definition) is 4. The fourth-order valence-electron chi connectivity index (χ4n) is 6.89. The van der Waals surface area contributed by atoms with Crippen LogP contribution in [0.25, 0.3) is 50.0 Å². The molecule has 0 bridgehead atoms. The summed E-state index contributed by atoms with van der Waals surface area (Å²) in [6, 6.07) is 20.8. The fraction of sp³-hybridized carbons (Fsp3) is 0.270. The molecule has 1 aliphatic heterocycles. The summed E-state index contributed by atoms with van der Waals surface area (Å²) >= 11 is 0. The van der Waals surface area contributed by atoms with Crippen LogP contribution in [-0.4, -0.2) is 53.8 Å².